The van der Waals surface area contributed by atoms with Crippen molar-refractivity contribution in [2.24, 2.45) is 5.73 Å². The molecule has 0 radical (unpaired) electrons. The van der Waals surface area contributed by atoms with Gasteiger partial charge >= 0.3 is 0 Å². The lowest BCUT2D eigenvalue weighted by atomic mass is 10.1. The van der Waals surface area contributed by atoms with E-state index in [1.807, 2.05) is 18.2 Å². The van der Waals surface area contributed by atoms with Gasteiger partial charge < -0.3 is 5.73 Å². The SMILES string of the molecule is CCC(N)Cc1cccc(-c2ccc(F)cc2)n1. The molecule has 0 saturated carbocycles. The molecule has 1 aromatic heterocycles. The molecule has 0 bridgehead atoms. The molecule has 0 fully saturated rings. The third-order valence-corrected chi connectivity index (χ3v) is 2.94. The normalized spacial score (nSPS) is 12.4. The molecule has 94 valence electrons. The Hall–Kier alpha value is -1.74. The average molecular weight is 244 g/mol. The van der Waals surface area contributed by atoms with Gasteiger partial charge in [-0.15, -0.1) is 0 Å². The zero-order valence-electron chi connectivity index (χ0n) is 10.4. The van der Waals surface area contributed by atoms with Crippen molar-refractivity contribution >= 4 is 0 Å². The average Bonchev–Trinajstić information content (AvgIpc) is 2.40. The Morgan fingerprint density at radius 3 is 2.56 bits per heavy atom. The maximum atomic E-state index is 12.9. The number of nitrogens with zero attached hydrogens (tertiary/aromatic N) is 1. The molecule has 1 aromatic carbocycles. The van der Waals surface area contributed by atoms with Crippen molar-refractivity contribution in [2.75, 3.05) is 0 Å². The number of aromatic nitrogens is 1. The Bertz CT molecular complexity index is 508. The quantitative estimate of drug-likeness (QED) is 0.897. The van der Waals surface area contributed by atoms with Crippen molar-refractivity contribution in [3.05, 3.63) is 54.0 Å². The van der Waals surface area contributed by atoms with Crippen molar-refractivity contribution in [3.63, 3.8) is 0 Å². The third kappa shape index (κ3) is 3.14. The Morgan fingerprint density at radius 1 is 1.17 bits per heavy atom. The van der Waals surface area contributed by atoms with E-state index in [0.29, 0.717) is 0 Å². The highest BCUT2D eigenvalue weighted by Gasteiger charge is 2.05. The molecule has 0 spiro atoms. The Labute approximate surface area is 107 Å². The van der Waals surface area contributed by atoms with Crippen molar-refractivity contribution < 1.29 is 4.39 Å². The predicted octanol–water partition coefficient (Wildman–Crippen LogP) is 3.17. The summed E-state index contributed by atoms with van der Waals surface area (Å²) in [4.78, 5) is 4.56. The van der Waals surface area contributed by atoms with Gasteiger partial charge in [0.05, 0.1) is 5.69 Å². The van der Waals surface area contributed by atoms with Crippen LogP contribution in [0.4, 0.5) is 4.39 Å². The van der Waals surface area contributed by atoms with Gasteiger partial charge in [-0.2, -0.15) is 0 Å². The third-order valence-electron chi connectivity index (χ3n) is 2.94. The zero-order valence-corrected chi connectivity index (χ0v) is 10.4. The van der Waals surface area contributed by atoms with Crippen molar-refractivity contribution in [3.8, 4) is 11.3 Å². The van der Waals surface area contributed by atoms with Crippen LogP contribution >= 0.6 is 0 Å². The van der Waals surface area contributed by atoms with Crippen LogP contribution in [0.1, 0.15) is 19.0 Å². The van der Waals surface area contributed by atoms with Gasteiger partial charge in [0.1, 0.15) is 5.82 Å². The first kappa shape index (κ1) is 12.7. The summed E-state index contributed by atoms with van der Waals surface area (Å²) in [5.74, 6) is -0.233. The van der Waals surface area contributed by atoms with Gasteiger partial charge in [0.15, 0.2) is 0 Å². The van der Waals surface area contributed by atoms with Crippen LogP contribution in [0.2, 0.25) is 0 Å². The maximum Gasteiger partial charge on any atom is 0.123 e. The lowest BCUT2D eigenvalue weighted by Gasteiger charge is -2.09. The topological polar surface area (TPSA) is 38.9 Å². The molecule has 0 aliphatic carbocycles. The highest BCUT2D eigenvalue weighted by Crippen LogP contribution is 2.18. The van der Waals surface area contributed by atoms with E-state index in [4.69, 9.17) is 5.73 Å². The van der Waals surface area contributed by atoms with Crippen molar-refractivity contribution in [1.29, 1.82) is 0 Å². The lowest BCUT2D eigenvalue weighted by molar-refractivity contribution is 0.628. The highest BCUT2D eigenvalue weighted by atomic mass is 19.1. The fourth-order valence-electron chi connectivity index (χ4n) is 1.79. The highest BCUT2D eigenvalue weighted by molar-refractivity contribution is 5.58. The van der Waals surface area contributed by atoms with E-state index in [1.54, 1.807) is 12.1 Å². The predicted molar refractivity (Wildman–Crippen MR) is 71.6 cm³/mol. The fraction of sp³-hybridized carbons (Fsp3) is 0.267. The fourth-order valence-corrected chi connectivity index (χ4v) is 1.79. The molecular weight excluding hydrogens is 227 g/mol. The minimum Gasteiger partial charge on any atom is -0.327 e. The second kappa shape index (κ2) is 5.74. The molecule has 2 nitrogen and oxygen atoms in total. The van der Waals surface area contributed by atoms with Gasteiger partial charge in [0, 0.05) is 23.7 Å². The molecule has 2 rings (SSSR count). The molecule has 0 aliphatic heterocycles. The monoisotopic (exact) mass is 244 g/mol. The summed E-state index contributed by atoms with van der Waals surface area (Å²) in [6.45, 7) is 2.06. The summed E-state index contributed by atoms with van der Waals surface area (Å²) in [7, 11) is 0. The Balaban J connectivity index is 2.24. The Morgan fingerprint density at radius 2 is 1.89 bits per heavy atom. The largest absolute Gasteiger partial charge is 0.327 e. The van der Waals surface area contributed by atoms with Gasteiger partial charge in [-0.05, 0) is 42.8 Å². The second-order valence-electron chi connectivity index (χ2n) is 4.39. The van der Waals surface area contributed by atoms with Crippen LogP contribution in [-0.4, -0.2) is 11.0 Å². The van der Waals surface area contributed by atoms with E-state index in [0.717, 1.165) is 29.8 Å². The van der Waals surface area contributed by atoms with Gasteiger partial charge in [-0.1, -0.05) is 13.0 Å². The first-order valence-corrected chi connectivity index (χ1v) is 6.16. The summed E-state index contributed by atoms with van der Waals surface area (Å²) < 4.78 is 12.9. The van der Waals surface area contributed by atoms with Crippen molar-refractivity contribution in [1.82, 2.24) is 4.98 Å². The van der Waals surface area contributed by atoms with E-state index in [9.17, 15) is 4.39 Å². The standard InChI is InChI=1S/C15H17FN2/c1-2-13(17)10-14-4-3-5-15(18-14)11-6-8-12(16)9-7-11/h3-9,13H,2,10,17H2,1H3. The van der Waals surface area contributed by atoms with Crippen LogP contribution in [0.5, 0.6) is 0 Å². The number of hydrogen-bond acceptors (Lipinski definition) is 2. The molecule has 0 aliphatic rings. The molecule has 1 heterocycles. The van der Waals surface area contributed by atoms with Crippen molar-refractivity contribution in [2.45, 2.75) is 25.8 Å². The van der Waals surface area contributed by atoms with E-state index in [1.165, 1.54) is 12.1 Å². The van der Waals surface area contributed by atoms with Gasteiger partial charge in [-0.25, -0.2) is 4.39 Å². The number of halogens is 1. The summed E-state index contributed by atoms with van der Waals surface area (Å²) in [6, 6.07) is 12.4. The van der Waals surface area contributed by atoms with Crippen LogP contribution in [0, 0.1) is 5.82 Å². The number of pyridine rings is 1. The maximum absolute atomic E-state index is 12.9. The summed E-state index contributed by atoms with van der Waals surface area (Å²) in [6.07, 6.45) is 1.70. The van der Waals surface area contributed by atoms with E-state index >= 15 is 0 Å². The number of hydrogen-bond donors (Lipinski definition) is 1. The first-order valence-electron chi connectivity index (χ1n) is 6.16. The molecule has 3 heteroatoms. The Kier molecular flexibility index (Phi) is 4.05. The summed E-state index contributed by atoms with van der Waals surface area (Å²) >= 11 is 0. The molecule has 0 saturated heterocycles. The minimum atomic E-state index is -0.233. The van der Waals surface area contributed by atoms with Crippen LogP contribution in [0.3, 0.4) is 0 Å². The first-order chi connectivity index (χ1) is 8.69. The summed E-state index contributed by atoms with van der Waals surface area (Å²) in [5, 5.41) is 0. The lowest BCUT2D eigenvalue weighted by Crippen LogP contribution is -2.21. The van der Waals surface area contributed by atoms with Gasteiger partial charge in [-0.3, -0.25) is 4.98 Å². The molecule has 2 aromatic rings. The number of benzene rings is 1. The summed E-state index contributed by atoms with van der Waals surface area (Å²) in [5.41, 5.74) is 8.68. The smallest absolute Gasteiger partial charge is 0.123 e. The molecule has 1 atom stereocenters. The molecule has 18 heavy (non-hydrogen) atoms. The number of rotatable bonds is 4. The second-order valence-corrected chi connectivity index (χ2v) is 4.39. The van der Waals surface area contributed by atoms with Crippen LogP contribution in [0.15, 0.2) is 42.5 Å². The van der Waals surface area contributed by atoms with Crippen LogP contribution in [0.25, 0.3) is 11.3 Å². The molecule has 1 unspecified atom stereocenters. The van der Waals surface area contributed by atoms with E-state index < -0.39 is 0 Å². The molecule has 2 N–H and O–H groups in total. The van der Waals surface area contributed by atoms with E-state index in [2.05, 4.69) is 11.9 Å². The van der Waals surface area contributed by atoms with Crippen LogP contribution in [-0.2, 0) is 6.42 Å². The van der Waals surface area contributed by atoms with Gasteiger partial charge in [0.2, 0.25) is 0 Å². The molecular formula is C15H17FN2. The number of nitrogens with two attached hydrogens (primary N) is 1. The van der Waals surface area contributed by atoms with Gasteiger partial charge in [0.25, 0.3) is 0 Å². The zero-order chi connectivity index (χ0) is 13.0. The molecule has 0 amide bonds. The minimum absolute atomic E-state index is 0.140. The van der Waals surface area contributed by atoms with E-state index in [-0.39, 0.29) is 11.9 Å². The van der Waals surface area contributed by atoms with Crippen LogP contribution < -0.4 is 5.73 Å².